The van der Waals surface area contributed by atoms with Gasteiger partial charge >= 0.3 is 0 Å². The fraction of sp³-hybridized carbons (Fsp3) is 0.0606. The van der Waals surface area contributed by atoms with E-state index in [1.165, 1.54) is 0 Å². The van der Waals surface area contributed by atoms with Crippen molar-refractivity contribution in [3.05, 3.63) is 155 Å². The third-order valence-corrected chi connectivity index (χ3v) is 6.17. The number of ether oxygens (including phenoxy) is 1. The summed E-state index contributed by atoms with van der Waals surface area (Å²) in [6.45, 7) is 0. The molecule has 0 amide bonds. The highest BCUT2D eigenvalue weighted by atomic mass is 16.5. The molecule has 180 valence electrons. The Morgan fingerprint density at radius 2 is 0.919 bits per heavy atom. The van der Waals surface area contributed by atoms with Crippen LogP contribution in [-0.2, 0) is 0 Å². The summed E-state index contributed by atoms with van der Waals surface area (Å²) in [7, 11) is 0. The number of carbonyl (C=O) groups is 3. The van der Waals surface area contributed by atoms with Crippen molar-refractivity contribution in [2.45, 2.75) is 12.8 Å². The maximum atomic E-state index is 13.0. The normalized spacial score (nSPS) is 12.5. The smallest absolute Gasteiger partial charge is 0.193 e. The van der Waals surface area contributed by atoms with Crippen LogP contribution < -0.4 is 4.74 Å². The molecule has 4 aromatic carbocycles. The first kappa shape index (κ1) is 23.9. The van der Waals surface area contributed by atoms with E-state index in [4.69, 9.17) is 4.74 Å². The third kappa shape index (κ3) is 5.54. The molecule has 0 bridgehead atoms. The number of para-hydroxylation sites is 1. The Balaban J connectivity index is 1.24. The molecule has 0 atom stereocenters. The second-order valence-electron chi connectivity index (χ2n) is 8.72. The molecule has 0 fully saturated rings. The molecule has 0 aromatic heterocycles. The molecule has 4 heteroatoms. The van der Waals surface area contributed by atoms with Crippen LogP contribution in [0.5, 0.6) is 11.5 Å². The average Bonchev–Trinajstić information content (AvgIpc) is 2.97. The minimum Gasteiger partial charge on any atom is -0.457 e. The van der Waals surface area contributed by atoms with Gasteiger partial charge in [-0.05, 0) is 49.2 Å². The van der Waals surface area contributed by atoms with Crippen molar-refractivity contribution >= 4 is 17.3 Å². The zero-order chi connectivity index (χ0) is 25.6. The van der Waals surface area contributed by atoms with Gasteiger partial charge in [-0.25, -0.2) is 0 Å². The van der Waals surface area contributed by atoms with Gasteiger partial charge in [-0.1, -0.05) is 85.0 Å². The molecule has 1 aliphatic rings. The largest absolute Gasteiger partial charge is 0.457 e. The molecular weight excluding hydrogens is 460 g/mol. The van der Waals surface area contributed by atoms with Crippen molar-refractivity contribution in [3.8, 4) is 11.5 Å². The van der Waals surface area contributed by atoms with Crippen LogP contribution in [0.3, 0.4) is 0 Å². The fourth-order valence-corrected chi connectivity index (χ4v) is 4.13. The van der Waals surface area contributed by atoms with E-state index in [1.807, 2.05) is 48.6 Å². The quantitative estimate of drug-likeness (QED) is 0.245. The van der Waals surface area contributed by atoms with Gasteiger partial charge in [0.25, 0.3) is 0 Å². The van der Waals surface area contributed by atoms with Gasteiger partial charge in [0.1, 0.15) is 11.5 Å². The van der Waals surface area contributed by atoms with E-state index in [0.29, 0.717) is 39.1 Å². The summed E-state index contributed by atoms with van der Waals surface area (Å²) >= 11 is 0. The van der Waals surface area contributed by atoms with Gasteiger partial charge in [0, 0.05) is 33.4 Å². The number of carbonyl (C=O) groups excluding carboxylic acids is 3. The van der Waals surface area contributed by atoms with Crippen molar-refractivity contribution < 1.29 is 19.1 Å². The minimum atomic E-state index is -0.169. The molecule has 0 heterocycles. The first-order valence-corrected chi connectivity index (χ1v) is 12.1. The van der Waals surface area contributed by atoms with E-state index >= 15 is 0 Å². The van der Waals surface area contributed by atoms with Crippen LogP contribution >= 0.6 is 0 Å². The molecule has 37 heavy (non-hydrogen) atoms. The lowest BCUT2D eigenvalue weighted by molar-refractivity contribution is 0.102. The van der Waals surface area contributed by atoms with Gasteiger partial charge in [0.2, 0.25) is 0 Å². The summed E-state index contributed by atoms with van der Waals surface area (Å²) in [5.41, 5.74) is 3.21. The van der Waals surface area contributed by atoms with Crippen LogP contribution in [0.1, 0.15) is 55.0 Å². The third-order valence-electron chi connectivity index (χ3n) is 6.17. The lowest BCUT2D eigenvalue weighted by Gasteiger charge is -2.08. The summed E-state index contributed by atoms with van der Waals surface area (Å²) in [6, 6.07) is 29.7. The summed E-state index contributed by atoms with van der Waals surface area (Å²) < 4.78 is 5.78. The first-order chi connectivity index (χ1) is 18.1. The van der Waals surface area contributed by atoms with Crippen molar-refractivity contribution in [2.75, 3.05) is 0 Å². The SMILES string of the molecule is O=C(C1=CCCC=C1)c1ccc(C(=O)c2ccc(C(=O)c3ccc(Oc4ccccc4)cc3)cc2)cc1. The van der Waals surface area contributed by atoms with Crippen LogP contribution in [0.15, 0.2) is 127 Å². The molecule has 0 radical (unpaired) electrons. The van der Waals surface area contributed by atoms with Crippen molar-refractivity contribution in [3.63, 3.8) is 0 Å². The zero-order valence-corrected chi connectivity index (χ0v) is 20.1. The van der Waals surface area contributed by atoms with Crippen LogP contribution in [0.4, 0.5) is 0 Å². The van der Waals surface area contributed by atoms with Crippen LogP contribution in [-0.4, -0.2) is 17.3 Å². The number of allylic oxidation sites excluding steroid dienone is 4. The maximum Gasteiger partial charge on any atom is 0.193 e. The predicted molar refractivity (Wildman–Crippen MR) is 143 cm³/mol. The van der Waals surface area contributed by atoms with Gasteiger partial charge in [0.15, 0.2) is 17.3 Å². The second kappa shape index (κ2) is 10.8. The topological polar surface area (TPSA) is 60.4 Å². The van der Waals surface area contributed by atoms with Gasteiger partial charge in [-0.2, -0.15) is 0 Å². The van der Waals surface area contributed by atoms with Crippen LogP contribution in [0, 0.1) is 0 Å². The monoisotopic (exact) mass is 484 g/mol. The number of Topliss-reactive ketones (excluding diaryl/α,β-unsaturated/α-hetero) is 1. The lowest BCUT2D eigenvalue weighted by Crippen LogP contribution is -2.06. The van der Waals surface area contributed by atoms with E-state index in [2.05, 4.69) is 0 Å². The molecule has 0 saturated carbocycles. The second-order valence-corrected chi connectivity index (χ2v) is 8.72. The number of hydrogen-bond donors (Lipinski definition) is 0. The Labute approximate surface area is 215 Å². The molecule has 5 rings (SSSR count). The van der Waals surface area contributed by atoms with E-state index in [-0.39, 0.29) is 17.3 Å². The number of hydrogen-bond acceptors (Lipinski definition) is 4. The molecule has 4 aromatic rings. The van der Waals surface area contributed by atoms with E-state index < -0.39 is 0 Å². The highest BCUT2D eigenvalue weighted by molar-refractivity contribution is 6.13. The Bertz CT molecular complexity index is 1490. The maximum absolute atomic E-state index is 13.0. The molecule has 0 N–H and O–H groups in total. The molecule has 0 aliphatic heterocycles. The predicted octanol–water partition coefficient (Wildman–Crippen LogP) is 7.40. The summed E-state index contributed by atoms with van der Waals surface area (Å²) in [6.07, 6.45) is 7.60. The van der Waals surface area contributed by atoms with Gasteiger partial charge in [0.05, 0.1) is 0 Å². The number of benzene rings is 4. The molecule has 0 saturated heterocycles. The lowest BCUT2D eigenvalue weighted by atomic mass is 9.95. The van der Waals surface area contributed by atoms with E-state index in [1.54, 1.807) is 72.8 Å². The van der Waals surface area contributed by atoms with E-state index in [0.717, 1.165) is 18.6 Å². The van der Waals surface area contributed by atoms with Crippen molar-refractivity contribution in [1.82, 2.24) is 0 Å². The summed E-state index contributed by atoms with van der Waals surface area (Å²) in [4.78, 5) is 38.5. The zero-order valence-electron chi connectivity index (χ0n) is 20.1. The van der Waals surface area contributed by atoms with Crippen LogP contribution in [0.2, 0.25) is 0 Å². The molecular formula is C33H24O4. The molecule has 4 nitrogen and oxygen atoms in total. The van der Waals surface area contributed by atoms with Crippen molar-refractivity contribution in [1.29, 1.82) is 0 Å². The standard InChI is InChI=1S/C33H24O4/c34-31(23-7-3-1-4-8-23)24-11-13-25(14-12-24)32(35)26-15-17-27(18-16-26)33(36)28-19-21-30(22-20-28)37-29-9-5-2-6-10-29/h2-3,5-22H,1,4H2. The highest BCUT2D eigenvalue weighted by Gasteiger charge is 2.15. The highest BCUT2D eigenvalue weighted by Crippen LogP contribution is 2.23. The summed E-state index contributed by atoms with van der Waals surface area (Å²) in [5.74, 6) is 1.01. The summed E-state index contributed by atoms with van der Waals surface area (Å²) in [5, 5.41) is 0. The van der Waals surface area contributed by atoms with E-state index in [9.17, 15) is 14.4 Å². The minimum absolute atomic E-state index is 0.0440. The molecule has 0 unspecified atom stereocenters. The fourth-order valence-electron chi connectivity index (χ4n) is 4.13. The Hall–Kier alpha value is -4.83. The molecule has 0 spiro atoms. The van der Waals surface area contributed by atoms with Crippen LogP contribution in [0.25, 0.3) is 0 Å². The van der Waals surface area contributed by atoms with Gasteiger partial charge in [-0.3, -0.25) is 14.4 Å². The van der Waals surface area contributed by atoms with Gasteiger partial charge in [-0.15, -0.1) is 0 Å². The number of ketones is 3. The van der Waals surface area contributed by atoms with Crippen molar-refractivity contribution in [2.24, 2.45) is 0 Å². The van der Waals surface area contributed by atoms with Gasteiger partial charge < -0.3 is 4.74 Å². The molecule has 1 aliphatic carbocycles. The average molecular weight is 485 g/mol. The Morgan fingerprint density at radius 1 is 0.486 bits per heavy atom. The Kier molecular flexibility index (Phi) is 7.00. The number of rotatable bonds is 8. The first-order valence-electron chi connectivity index (χ1n) is 12.1. The Morgan fingerprint density at radius 3 is 1.38 bits per heavy atom.